The number of nitrogens with two attached hydrogens (primary N) is 1. The van der Waals surface area contributed by atoms with Gasteiger partial charge in [-0.25, -0.2) is 0 Å². The summed E-state index contributed by atoms with van der Waals surface area (Å²) < 4.78 is 35.6. The molecule has 84 valence electrons. The summed E-state index contributed by atoms with van der Waals surface area (Å²) in [6.45, 7) is 0.984. The number of anilines is 1. The standard InChI is InChI=1S/C10H13F3N2/c1-7-8(3-2-4-9(7)14)5-15-6-10(11,12)13/h2-4,15H,5-6,14H2,1H3. The molecule has 0 fully saturated rings. The van der Waals surface area contributed by atoms with Crippen molar-refractivity contribution in [1.82, 2.24) is 5.32 Å². The molecule has 1 aromatic carbocycles. The van der Waals surface area contributed by atoms with Crippen molar-refractivity contribution in [3.63, 3.8) is 0 Å². The van der Waals surface area contributed by atoms with Crippen LogP contribution in [0.2, 0.25) is 0 Å². The van der Waals surface area contributed by atoms with E-state index in [4.69, 9.17) is 5.73 Å². The molecule has 0 bridgehead atoms. The number of nitrogen functional groups attached to an aromatic ring is 1. The minimum atomic E-state index is -4.17. The van der Waals surface area contributed by atoms with Crippen molar-refractivity contribution in [2.24, 2.45) is 0 Å². The van der Waals surface area contributed by atoms with Gasteiger partial charge in [0.25, 0.3) is 0 Å². The van der Waals surface area contributed by atoms with Gasteiger partial charge in [0, 0.05) is 12.2 Å². The van der Waals surface area contributed by atoms with Gasteiger partial charge in [0.2, 0.25) is 0 Å². The van der Waals surface area contributed by atoms with Crippen LogP contribution in [-0.2, 0) is 6.54 Å². The lowest BCUT2D eigenvalue weighted by molar-refractivity contribution is -0.125. The predicted molar refractivity (Wildman–Crippen MR) is 53.4 cm³/mol. The van der Waals surface area contributed by atoms with Crippen LogP contribution in [0.25, 0.3) is 0 Å². The summed E-state index contributed by atoms with van der Waals surface area (Å²) in [6, 6.07) is 5.21. The van der Waals surface area contributed by atoms with Gasteiger partial charge in [-0.05, 0) is 24.1 Å². The Labute approximate surface area is 86.3 Å². The smallest absolute Gasteiger partial charge is 0.399 e. The molecule has 0 aliphatic carbocycles. The van der Waals surface area contributed by atoms with Gasteiger partial charge in [-0.3, -0.25) is 0 Å². The number of alkyl halides is 3. The molecule has 0 spiro atoms. The summed E-state index contributed by atoms with van der Waals surface area (Å²) in [5.74, 6) is 0. The van der Waals surface area contributed by atoms with Gasteiger partial charge in [0.05, 0.1) is 6.54 Å². The Morgan fingerprint density at radius 3 is 2.60 bits per heavy atom. The molecule has 1 aromatic rings. The quantitative estimate of drug-likeness (QED) is 0.763. The first-order valence-electron chi connectivity index (χ1n) is 4.51. The van der Waals surface area contributed by atoms with Gasteiger partial charge >= 0.3 is 6.18 Å². The van der Waals surface area contributed by atoms with Crippen LogP contribution >= 0.6 is 0 Å². The SMILES string of the molecule is Cc1c(N)cccc1CNCC(F)(F)F. The van der Waals surface area contributed by atoms with Gasteiger partial charge < -0.3 is 11.1 Å². The molecule has 0 aliphatic rings. The number of hydrogen-bond acceptors (Lipinski definition) is 2. The fourth-order valence-electron chi connectivity index (χ4n) is 1.23. The van der Waals surface area contributed by atoms with E-state index in [0.29, 0.717) is 5.69 Å². The third kappa shape index (κ3) is 3.79. The molecule has 15 heavy (non-hydrogen) atoms. The zero-order valence-corrected chi connectivity index (χ0v) is 8.36. The third-order valence-corrected chi connectivity index (χ3v) is 2.13. The van der Waals surface area contributed by atoms with Crippen LogP contribution in [0.1, 0.15) is 11.1 Å². The van der Waals surface area contributed by atoms with E-state index in [-0.39, 0.29) is 6.54 Å². The topological polar surface area (TPSA) is 38.0 Å². The third-order valence-electron chi connectivity index (χ3n) is 2.13. The lowest BCUT2D eigenvalue weighted by Gasteiger charge is -2.11. The molecule has 0 unspecified atom stereocenters. The van der Waals surface area contributed by atoms with E-state index < -0.39 is 12.7 Å². The van der Waals surface area contributed by atoms with Crippen molar-refractivity contribution < 1.29 is 13.2 Å². The average Bonchev–Trinajstić information content (AvgIpc) is 2.10. The molecular formula is C10H13F3N2. The highest BCUT2D eigenvalue weighted by atomic mass is 19.4. The molecule has 0 heterocycles. The van der Waals surface area contributed by atoms with E-state index in [1.165, 1.54) is 0 Å². The number of nitrogens with one attached hydrogen (secondary N) is 1. The van der Waals surface area contributed by atoms with Gasteiger partial charge in [-0.1, -0.05) is 12.1 Å². The van der Waals surface area contributed by atoms with Crippen LogP contribution in [0, 0.1) is 6.92 Å². The minimum absolute atomic E-state index is 0.177. The summed E-state index contributed by atoms with van der Waals surface area (Å²) in [5, 5.41) is 2.33. The molecule has 1 rings (SSSR count). The normalized spacial score (nSPS) is 11.7. The molecule has 0 aliphatic heterocycles. The van der Waals surface area contributed by atoms with Gasteiger partial charge in [0.1, 0.15) is 0 Å². The van der Waals surface area contributed by atoms with Crippen LogP contribution in [0.15, 0.2) is 18.2 Å². The second kappa shape index (κ2) is 4.53. The number of rotatable bonds is 3. The van der Waals surface area contributed by atoms with Crippen molar-refractivity contribution in [2.75, 3.05) is 12.3 Å². The van der Waals surface area contributed by atoms with Crippen molar-refractivity contribution in [3.05, 3.63) is 29.3 Å². The van der Waals surface area contributed by atoms with E-state index in [1.807, 2.05) is 0 Å². The Morgan fingerprint density at radius 1 is 1.33 bits per heavy atom. The highest BCUT2D eigenvalue weighted by Gasteiger charge is 2.26. The molecule has 0 aromatic heterocycles. The first-order chi connectivity index (χ1) is 6.90. The Hall–Kier alpha value is -1.23. The van der Waals surface area contributed by atoms with Crippen LogP contribution in [-0.4, -0.2) is 12.7 Å². The Bertz CT molecular complexity index is 334. The fourth-order valence-corrected chi connectivity index (χ4v) is 1.23. The zero-order chi connectivity index (χ0) is 11.5. The lowest BCUT2D eigenvalue weighted by atomic mass is 10.1. The van der Waals surface area contributed by atoms with E-state index in [1.54, 1.807) is 25.1 Å². The van der Waals surface area contributed by atoms with E-state index in [0.717, 1.165) is 11.1 Å². The van der Waals surface area contributed by atoms with Gasteiger partial charge in [-0.2, -0.15) is 13.2 Å². The second-order valence-electron chi connectivity index (χ2n) is 3.35. The summed E-state index contributed by atoms with van der Waals surface area (Å²) >= 11 is 0. The molecule has 0 saturated carbocycles. The maximum absolute atomic E-state index is 11.9. The summed E-state index contributed by atoms with van der Waals surface area (Å²) in [6.07, 6.45) is -4.17. The summed E-state index contributed by atoms with van der Waals surface area (Å²) in [7, 11) is 0. The van der Waals surface area contributed by atoms with Crippen molar-refractivity contribution >= 4 is 5.69 Å². The second-order valence-corrected chi connectivity index (χ2v) is 3.35. The van der Waals surface area contributed by atoms with Crippen molar-refractivity contribution in [1.29, 1.82) is 0 Å². The highest BCUT2D eigenvalue weighted by Crippen LogP contribution is 2.16. The highest BCUT2D eigenvalue weighted by molar-refractivity contribution is 5.49. The first-order valence-corrected chi connectivity index (χ1v) is 4.51. The lowest BCUT2D eigenvalue weighted by Crippen LogP contribution is -2.28. The van der Waals surface area contributed by atoms with Crippen LogP contribution < -0.4 is 11.1 Å². The summed E-state index contributed by atoms with van der Waals surface area (Å²) in [4.78, 5) is 0. The van der Waals surface area contributed by atoms with Crippen LogP contribution in [0.4, 0.5) is 18.9 Å². The van der Waals surface area contributed by atoms with E-state index >= 15 is 0 Å². The van der Waals surface area contributed by atoms with Gasteiger partial charge in [0.15, 0.2) is 0 Å². The van der Waals surface area contributed by atoms with Gasteiger partial charge in [-0.15, -0.1) is 0 Å². The Kier molecular flexibility index (Phi) is 3.57. The van der Waals surface area contributed by atoms with Crippen molar-refractivity contribution in [3.8, 4) is 0 Å². The summed E-state index contributed by atoms with van der Waals surface area (Å²) in [5.41, 5.74) is 7.84. The molecule has 5 heteroatoms. The van der Waals surface area contributed by atoms with Crippen LogP contribution in [0.3, 0.4) is 0 Å². The molecule has 0 radical (unpaired) electrons. The molecule has 0 atom stereocenters. The zero-order valence-electron chi connectivity index (χ0n) is 8.36. The molecule has 2 nitrogen and oxygen atoms in total. The number of hydrogen-bond donors (Lipinski definition) is 2. The van der Waals surface area contributed by atoms with Crippen LogP contribution in [0.5, 0.6) is 0 Å². The first kappa shape index (κ1) is 11.8. The van der Waals surface area contributed by atoms with E-state index in [9.17, 15) is 13.2 Å². The number of halogens is 3. The predicted octanol–water partition coefficient (Wildman–Crippen LogP) is 2.23. The molecule has 0 saturated heterocycles. The van der Waals surface area contributed by atoms with E-state index in [2.05, 4.69) is 5.32 Å². The number of benzene rings is 1. The molecule has 0 amide bonds. The minimum Gasteiger partial charge on any atom is -0.399 e. The fraction of sp³-hybridized carbons (Fsp3) is 0.400. The maximum Gasteiger partial charge on any atom is 0.401 e. The Balaban J connectivity index is 2.55. The average molecular weight is 218 g/mol. The maximum atomic E-state index is 11.9. The van der Waals surface area contributed by atoms with Crippen molar-refractivity contribution in [2.45, 2.75) is 19.6 Å². The largest absolute Gasteiger partial charge is 0.401 e. The Morgan fingerprint density at radius 2 is 2.00 bits per heavy atom. The molecule has 3 N–H and O–H groups in total. The molecular weight excluding hydrogens is 205 g/mol. The monoisotopic (exact) mass is 218 g/mol.